The van der Waals surface area contributed by atoms with Crippen LogP contribution in [0.15, 0.2) is 19.4 Å². The van der Waals surface area contributed by atoms with Crippen LogP contribution in [-0.4, -0.2) is 21.9 Å². The molecular formula is C11H9Br2ClN4OS. The van der Waals surface area contributed by atoms with Gasteiger partial charge in [-0.15, -0.1) is 11.3 Å². The van der Waals surface area contributed by atoms with Crippen LogP contribution in [0.4, 0.5) is 0 Å². The summed E-state index contributed by atoms with van der Waals surface area (Å²) in [5.41, 5.74) is 3.33. The van der Waals surface area contributed by atoms with Gasteiger partial charge in [0, 0.05) is 16.4 Å². The highest BCUT2D eigenvalue weighted by atomic mass is 79.9. The number of aromatic nitrogens is 2. The molecule has 0 aliphatic rings. The lowest BCUT2D eigenvalue weighted by Gasteiger charge is -2.00. The number of carbonyl (C=O) groups excluding carboxylic acids is 1. The van der Waals surface area contributed by atoms with Crippen LogP contribution in [0, 0.1) is 6.92 Å². The molecule has 106 valence electrons. The molecule has 2 aromatic heterocycles. The van der Waals surface area contributed by atoms with Crippen molar-refractivity contribution in [3.05, 3.63) is 35.6 Å². The van der Waals surface area contributed by atoms with Crippen molar-refractivity contribution in [1.29, 1.82) is 0 Å². The number of thiophene rings is 1. The fraction of sp³-hybridized carbons (Fsp3) is 0.182. The number of hydrazone groups is 1. The van der Waals surface area contributed by atoms with E-state index >= 15 is 0 Å². The van der Waals surface area contributed by atoms with E-state index in [0.717, 1.165) is 13.1 Å². The minimum absolute atomic E-state index is 0.287. The third-order valence-electron chi connectivity index (χ3n) is 2.39. The van der Waals surface area contributed by atoms with E-state index in [0.29, 0.717) is 10.7 Å². The summed E-state index contributed by atoms with van der Waals surface area (Å²) in [5, 5.41) is 8.32. The van der Waals surface area contributed by atoms with Gasteiger partial charge in [0.25, 0.3) is 5.91 Å². The number of aryl methyl sites for hydroxylation is 2. The third kappa shape index (κ3) is 3.30. The quantitative estimate of drug-likeness (QED) is 0.584. The maximum atomic E-state index is 12.0. The van der Waals surface area contributed by atoms with Gasteiger partial charge >= 0.3 is 0 Å². The molecule has 0 unspecified atom stereocenters. The summed E-state index contributed by atoms with van der Waals surface area (Å²) in [5.74, 6) is -0.399. The lowest BCUT2D eigenvalue weighted by molar-refractivity contribution is 0.0946. The van der Waals surface area contributed by atoms with E-state index in [1.807, 2.05) is 6.07 Å². The number of halogens is 3. The molecule has 0 radical (unpaired) electrons. The zero-order valence-corrected chi connectivity index (χ0v) is 15.2. The summed E-state index contributed by atoms with van der Waals surface area (Å²) in [6, 6.07) is 1.89. The van der Waals surface area contributed by atoms with Crippen molar-refractivity contribution < 1.29 is 4.79 Å². The number of nitrogens with one attached hydrogen (secondary N) is 1. The molecule has 0 aliphatic heterocycles. The molecule has 2 aromatic rings. The van der Waals surface area contributed by atoms with Crippen LogP contribution >= 0.6 is 54.8 Å². The molecule has 1 N–H and O–H groups in total. The van der Waals surface area contributed by atoms with Crippen LogP contribution in [0.1, 0.15) is 21.1 Å². The van der Waals surface area contributed by atoms with E-state index in [-0.39, 0.29) is 5.69 Å². The SMILES string of the molecule is Cc1nn(C)c(C(=O)NN=Cc2cc(Br)c(Br)s2)c1Cl. The average molecular weight is 441 g/mol. The largest absolute Gasteiger partial charge is 0.291 e. The zero-order chi connectivity index (χ0) is 14.9. The van der Waals surface area contributed by atoms with Crippen LogP contribution in [0.2, 0.25) is 5.02 Å². The van der Waals surface area contributed by atoms with Crippen molar-refractivity contribution in [2.75, 3.05) is 0 Å². The number of hydrogen-bond acceptors (Lipinski definition) is 4. The summed E-state index contributed by atoms with van der Waals surface area (Å²) in [6.07, 6.45) is 1.56. The molecular weight excluding hydrogens is 431 g/mol. The van der Waals surface area contributed by atoms with Crippen LogP contribution in [0.25, 0.3) is 0 Å². The number of carbonyl (C=O) groups is 1. The molecule has 0 bridgehead atoms. The van der Waals surface area contributed by atoms with Gasteiger partial charge in [-0.3, -0.25) is 9.48 Å². The minimum Gasteiger partial charge on any atom is -0.266 e. The fourth-order valence-corrected chi connectivity index (χ4v) is 3.72. The van der Waals surface area contributed by atoms with Gasteiger partial charge in [-0.25, -0.2) is 5.43 Å². The summed E-state index contributed by atoms with van der Waals surface area (Å²) in [6.45, 7) is 1.74. The lowest BCUT2D eigenvalue weighted by Crippen LogP contribution is -2.21. The molecule has 2 rings (SSSR count). The van der Waals surface area contributed by atoms with Gasteiger partial charge in [-0.05, 0) is 44.8 Å². The Morgan fingerprint density at radius 2 is 2.30 bits per heavy atom. The number of amides is 1. The molecule has 2 heterocycles. The second kappa shape index (κ2) is 6.38. The van der Waals surface area contributed by atoms with Crippen molar-refractivity contribution in [3.63, 3.8) is 0 Å². The van der Waals surface area contributed by atoms with E-state index in [1.54, 1.807) is 20.2 Å². The number of rotatable bonds is 3. The molecule has 1 amide bonds. The fourth-order valence-electron chi connectivity index (χ4n) is 1.51. The van der Waals surface area contributed by atoms with E-state index in [4.69, 9.17) is 11.6 Å². The van der Waals surface area contributed by atoms with Gasteiger partial charge in [0.2, 0.25) is 0 Å². The van der Waals surface area contributed by atoms with Gasteiger partial charge < -0.3 is 0 Å². The topological polar surface area (TPSA) is 59.3 Å². The minimum atomic E-state index is -0.399. The molecule has 0 atom stereocenters. The number of hydrogen-bond donors (Lipinski definition) is 1. The standard InChI is InChI=1S/C11H9Br2ClN4OS/c1-5-8(14)9(18(2)17-5)11(19)16-15-4-6-3-7(12)10(13)20-6/h3-4H,1-2H3,(H,16,19). The Morgan fingerprint density at radius 1 is 1.60 bits per heavy atom. The molecule has 0 aliphatic carbocycles. The van der Waals surface area contributed by atoms with E-state index in [1.165, 1.54) is 16.0 Å². The first-order valence-corrected chi connectivity index (χ1v) is 8.15. The van der Waals surface area contributed by atoms with Crippen molar-refractivity contribution in [1.82, 2.24) is 15.2 Å². The first-order chi connectivity index (χ1) is 9.40. The Bertz CT molecular complexity index is 675. The molecule has 9 heteroatoms. The van der Waals surface area contributed by atoms with Gasteiger partial charge in [-0.2, -0.15) is 10.2 Å². The zero-order valence-electron chi connectivity index (χ0n) is 10.4. The second-order valence-corrected chi connectivity index (χ2v) is 7.48. The van der Waals surface area contributed by atoms with E-state index in [9.17, 15) is 4.79 Å². The Morgan fingerprint density at radius 3 is 2.80 bits per heavy atom. The lowest BCUT2D eigenvalue weighted by atomic mass is 10.3. The first-order valence-electron chi connectivity index (χ1n) is 5.37. The van der Waals surface area contributed by atoms with Crippen LogP contribution in [-0.2, 0) is 7.05 Å². The highest BCUT2D eigenvalue weighted by Crippen LogP contribution is 2.31. The monoisotopic (exact) mass is 438 g/mol. The molecule has 20 heavy (non-hydrogen) atoms. The Balaban J connectivity index is 2.09. The van der Waals surface area contributed by atoms with Gasteiger partial charge in [0.1, 0.15) is 5.69 Å². The Labute approximate surface area is 141 Å². The summed E-state index contributed by atoms with van der Waals surface area (Å²) in [4.78, 5) is 12.9. The summed E-state index contributed by atoms with van der Waals surface area (Å²) < 4.78 is 3.34. The van der Waals surface area contributed by atoms with Crippen LogP contribution in [0.5, 0.6) is 0 Å². The summed E-state index contributed by atoms with van der Waals surface area (Å²) in [7, 11) is 1.66. The van der Waals surface area contributed by atoms with Gasteiger partial charge in [0.05, 0.1) is 20.7 Å². The highest BCUT2D eigenvalue weighted by Gasteiger charge is 2.18. The van der Waals surface area contributed by atoms with Crippen LogP contribution < -0.4 is 5.43 Å². The normalized spacial score (nSPS) is 11.2. The Kier molecular flexibility index (Phi) is 5.00. The predicted octanol–water partition coefficient (Wildman–Crippen LogP) is 3.73. The average Bonchev–Trinajstić information content (AvgIpc) is 2.80. The molecule has 0 saturated heterocycles. The van der Waals surface area contributed by atoms with E-state index < -0.39 is 5.91 Å². The predicted molar refractivity (Wildman–Crippen MR) is 87.7 cm³/mol. The smallest absolute Gasteiger partial charge is 0.266 e. The molecule has 0 spiro atoms. The van der Waals surface area contributed by atoms with Crippen LogP contribution in [0.3, 0.4) is 0 Å². The summed E-state index contributed by atoms with van der Waals surface area (Å²) >= 11 is 14.3. The highest BCUT2D eigenvalue weighted by molar-refractivity contribution is 9.13. The molecule has 0 fully saturated rings. The maximum absolute atomic E-state index is 12.0. The molecule has 0 aromatic carbocycles. The van der Waals surface area contributed by atoms with E-state index in [2.05, 4.69) is 47.5 Å². The van der Waals surface area contributed by atoms with Crippen molar-refractivity contribution in [3.8, 4) is 0 Å². The van der Waals surface area contributed by atoms with Crippen molar-refractivity contribution in [2.45, 2.75) is 6.92 Å². The Hall–Kier alpha value is -0.700. The molecule has 0 saturated carbocycles. The molecule has 5 nitrogen and oxygen atoms in total. The van der Waals surface area contributed by atoms with Gasteiger partial charge in [-0.1, -0.05) is 11.6 Å². The second-order valence-electron chi connectivity index (χ2n) is 3.84. The first kappa shape index (κ1) is 15.7. The maximum Gasteiger partial charge on any atom is 0.291 e. The van der Waals surface area contributed by atoms with Gasteiger partial charge in [0.15, 0.2) is 0 Å². The van der Waals surface area contributed by atoms with Crippen molar-refractivity contribution in [2.24, 2.45) is 12.1 Å². The number of nitrogens with zero attached hydrogens (tertiary/aromatic N) is 3. The van der Waals surface area contributed by atoms with Crippen molar-refractivity contribution >= 4 is 66.9 Å². The third-order valence-corrected chi connectivity index (χ3v) is 6.03.